The van der Waals surface area contributed by atoms with Crippen LogP contribution in [0.2, 0.25) is 0 Å². The van der Waals surface area contributed by atoms with Gasteiger partial charge in [0, 0.05) is 5.41 Å². The lowest BCUT2D eigenvalue weighted by molar-refractivity contribution is -0.200. The molecule has 0 aliphatic heterocycles. The minimum absolute atomic E-state index is 1.29. The number of rotatable bonds is 3. The lowest BCUT2D eigenvalue weighted by atomic mass is 9.73. The van der Waals surface area contributed by atoms with Crippen molar-refractivity contribution in [1.82, 2.24) is 0 Å². The first kappa shape index (κ1) is 12.9. The lowest BCUT2D eigenvalue weighted by Crippen LogP contribution is -2.61. The van der Waals surface area contributed by atoms with E-state index in [1.54, 1.807) is 0 Å². The molecule has 0 aromatic heterocycles. The molecule has 0 aliphatic carbocycles. The van der Waals surface area contributed by atoms with E-state index in [1.165, 1.54) is 20.8 Å². The highest BCUT2D eigenvalue weighted by Crippen LogP contribution is 2.33. The zero-order valence-corrected chi connectivity index (χ0v) is 8.18. The quantitative estimate of drug-likeness (QED) is 0.485. The van der Waals surface area contributed by atoms with Crippen molar-refractivity contribution in [2.24, 2.45) is 5.41 Å². The molecule has 6 nitrogen and oxygen atoms in total. The van der Waals surface area contributed by atoms with Crippen LogP contribution in [0.1, 0.15) is 20.8 Å². The normalized spacial score (nSPS) is 18.4. The largest absolute Gasteiger partial charge is 0.479 e. The third-order valence-corrected chi connectivity index (χ3v) is 2.10. The summed E-state index contributed by atoms with van der Waals surface area (Å²) in [5, 5.41) is 35.9. The van der Waals surface area contributed by atoms with Crippen molar-refractivity contribution in [2.45, 2.75) is 32.5 Å². The summed E-state index contributed by atoms with van der Waals surface area (Å²) in [6.45, 7) is 3.98. The number of carboxylic acid groups (broad SMARTS) is 2. The summed E-state index contributed by atoms with van der Waals surface area (Å²) in [7, 11) is 0. The van der Waals surface area contributed by atoms with E-state index in [1.807, 2.05) is 0 Å². The summed E-state index contributed by atoms with van der Waals surface area (Å²) in [5.74, 6) is -3.54. The Morgan fingerprint density at radius 3 is 1.57 bits per heavy atom. The topological polar surface area (TPSA) is 115 Å². The van der Waals surface area contributed by atoms with E-state index < -0.39 is 29.1 Å². The molecule has 6 heteroatoms. The van der Waals surface area contributed by atoms with Gasteiger partial charge in [-0.1, -0.05) is 20.8 Å². The van der Waals surface area contributed by atoms with Gasteiger partial charge in [-0.15, -0.1) is 0 Å². The zero-order chi connectivity index (χ0) is 11.7. The smallest absolute Gasteiger partial charge is 0.339 e. The first-order chi connectivity index (χ1) is 6.05. The van der Waals surface area contributed by atoms with Gasteiger partial charge >= 0.3 is 11.9 Å². The maximum atomic E-state index is 10.7. The molecule has 82 valence electrons. The maximum Gasteiger partial charge on any atom is 0.339 e. The van der Waals surface area contributed by atoms with Gasteiger partial charge in [-0.2, -0.15) is 0 Å². The molecule has 0 saturated carbocycles. The lowest BCUT2D eigenvalue weighted by Gasteiger charge is -2.37. The molecule has 2 unspecified atom stereocenters. The fourth-order valence-electron chi connectivity index (χ4n) is 1.03. The Hall–Kier alpha value is -1.14. The van der Waals surface area contributed by atoms with Crippen LogP contribution in [0.4, 0.5) is 0 Å². The molecule has 0 bridgehead atoms. The van der Waals surface area contributed by atoms with Crippen molar-refractivity contribution < 1.29 is 30.0 Å². The number of aliphatic hydroxyl groups is 2. The highest BCUT2D eigenvalue weighted by Gasteiger charge is 2.56. The SMILES string of the molecule is CC(C)(C)C(O)(C(=O)O)C(O)C(=O)O. The van der Waals surface area contributed by atoms with Crippen molar-refractivity contribution >= 4 is 11.9 Å². The molecule has 2 atom stereocenters. The Morgan fingerprint density at radius 1 is 1.14 bits per heavy atom. The fourth-order valence-corrected chi connectivity index (χ4v) is 1.03. The van der Waals surface area contributed by atoms with Gasteiger partial charge < -0.3 is 20.4 Å². The van der Waals surface area contributed by atoms with Crippen LogP contribution < -0.4 is 0 Å². The van der Waals surface area contributed by atoms with Gasteiger partial charge in [-0.05, 0) is 0 Å². The minimum Gasteiger partial charge on any atom is -0.479 e. The zero-order valence-electron chi connectivity index (χ0n) is 8.18. The van der Waals surface area contributed by atoms with E-state index in [2.05, 4.69) is 0 Å². The van der Waals surface area contributed by atoms with Gasteiger partial charge in [0.15, 0.2) is 6.10 Å². The molecule has 0 fully saturated rings. The minimum atomic E-state index is -2.71. The highest BCUT2D eigenvalue weighted by molar-refractivity contribution is 5.87. The van der Waals surface area contributed by atoms with Crippen LogP contribution in [0.15, 0.2) is 0 Å². The third kappa shape index (κ3) is 1.85. The first-order valence-corrected chi connectivity index (χ1v) is 3.91. The van der Waals surface area contributed by atoms with Crippen molar-refractivity contribution in [3.63, 3.8) is 0 Å². The second kappa shape index (κ2) is 3.55. The number of aliphatic hydroxyl groups excluding tert-OH is 1. The molecular weight excluding hydrogens is 192 g/mol. The molecule has 0 radical (unpaired) electrons. The van der Waals surface area contributed by atoms with Crippen LogP contribution in [0, 0.1) is 5.41 Å². The van der Waals surface area contributed by atoms with Crippen molar-refractivity contribution in [3.05, 3.63) is 0 Å². The molecule has 0 aromatic carbocycles. The molecule has 4 N–H and O–H groups in total. The van der Waals surface area contributed by atoms with Gasteiger partial charge in [0.2, 0.25) is 5.60 Å². The van der Waals surface area contributed by atoms with Crippen molar-refractivity contribution in [1.29, 1.82) is 0 Å². The van der Waals surface area contributed by atoms with E-state index in [-0.39, 0.29) is 0 Å². The Morgan fingerprint density at radius 2 is 1.50 bits per heavy atom. The van der Waals surface area contributed by atoms with Gasteiger partial charge in [0.25, 0.3) is 0 Å². The average molecular weight is 206 g/mol. The summed E-state index contributed by atoms with van der Waals surface area (Å²) in [6.07, 6.45) is -2.36. The summed E-state index contributed by atoms with van der Waals surface area (Å²) >= 11 is 0. The Balaban J connectivity index is 5.33. The van der Waals surface area contributed by atoms with Crippen LogP contribution >= 0.6 is 0 Å². The average Bonchev–Trinajstić information content (AvgIpc) is 1.98. The van der Waals surface area contributed by atoms with Gasteiger partial charge in [-0.25, -0.2) is 9.59 Å². The first-order valence-electron chi connectivity index (χ1n) is 3.91. The number of carbonyl (C=O) groups is 2. The van der Waals surface area contributed by atoms with E-state index >= 15 is 0 Å². The van der Waals surface area contributed by atoms with E-state index in [0.29, 0.717) is 0 Å². The Labute approximate surface area is 80.8 Å². The molecule has 14 heavy (non-hydrogen) atoms. The number of carboxylic acids is 2. The Kier molecular flexibility index (Phi) is 3.26. The van der Waals surface area contributed by atoms with E-state index in [0.717, 1.165) is 0 Å². The molecule has 0 saturated heterocycles. The highest BCUT2D eigenvalue weighted by atomic mass is 16.4. The molecule has 0 spiro atoms. The fraction of sp³-hybridized carbons (Fsp3) is 0.750. The monoisotopic (exact) mass is 206 g/mol. The van der Waals surface area contributed by atoms with Gasteiger partial charge in [0.1, 0.15) is 0 Å². The van der Waals surface area contributed by atoms with Crippen LogP contribution in [0.5, 0.6) is 0 Å². The van der Waals surface area contributed by atoms with Crippen LogP contribution in [-0.2, 0) is 9.59 Å². The van der Waals surface area contributed by atoms with Crippen LogP contribution in [0.3, 0.4) is 0 Å². The predicted octanol–water partition coefficient (Wildman–Crippen LogP) is -0.706. The second-order valence-electron chi connectivity index (χ2n) is 4.06. The van der Waals surface area contributed by atoms with Crippen LogP contribution in [-0.4, -0.2) is 44.1 Å². The van der Waals surface area contributed by atoms with E-state index in [9.17, 15) is 14.7 Å². The predicted molar refractivity (Wildman–Crippen MR) is 45.7 cm³/mol. The third-order valence-electron chi connectivity index (χ3n) is 2.10. The number of aliphatic carboxylic acids is 2. The summed E-state index contributed by atoms with van der Waals surface area (Å²) < 4.78 is 0. The van der Waals surface area contributed by atoms with Gasteiger partial charge in [-0.3, -0.25) is 0 Å². The summed E-state index contributed by atoms with van der Waals surface area (Å²) in [6, 6.07) is 0. The van der Waals surface area contributed by atoms with E-state index in [4.69, 9.17) is 15.3 Å². The molecular formula is C8H14O6. The molecule has 0 aromatic rings. The summed E-state index contributed by atoms with van der Waals surface area (Å²) in [5.41, 5.74) is -4.00. The molecule has 0 heterocycles. The maximum absolute atomic E-state index is 10.7. The van der Waals surface area contributed by atoms with Crippen molar-refractivity contribution in [3.8, 4) is 0 Å². The van der Waals surface area contributed by atoms with Crippen molar-refractivity contribution in [2.75, 3.05) is 0 Å². The standard InChI is InChI=1S/C8H14O6/c1-7(2,3)8(14,6(12)13)4(9)5(10)11/h4,9,14H,1-3H3,(H,10,11)(H,12,13). The molecule has 0 aliphatic rings. The Bertz CT molecular complexity index is 253. The molecule has 0 amide bonds. The van der Waals surface area contributed by atoms with Crippen LogP contribution in [0.25, 0.3) is 0 Å². The second-order valence-corrected chi connectivity index (χ2v) is 4.06. The molecule has 0 rings (SSSR count). The number of hydrogen-bond acceptors (Lipinski definition) is 4. The number of hydrogen-bond donors (Lipinski definition) is 4. The van der Waals surface area contributed by atoms with Gasteiger partial charge in [0.05, 0.1) is 0 Å². The summed E-state index contributed by atoms with van der Waals surface area (Å²) in [4.78, 5) is 21.2.